The SMILES string of the molecule is COc1ccc(S(=O)(=O)Nc2ccc(F)c([NH3+])c2F)c(C)c1Cl. The number of benzene rings is 2. The number of nitrogens with one attached hydrogen (secondary N) is 1. The minimum absolute atomic E-state index is 0.132. The molecule has 0 amide bonds. The number of quaternary nitrogens is 1. The van der Waals surface area contributed by atoms with Gasteiger partial charge in [-0.2, -0.15) is 4.39 Å². The maximum Gasteiger partial charge on any atom is 0.262 e. The topological polar surface area (TPSA) is 83.0 Å². The number of ether oxygens (including phenoxy) is 1. The van der Waals surface area contributed by atoms with Crippen molar-refractivity contribution in [1.29, 1.82) is 0 Å². The van der Waals surface area contributed by atoms with Crippen LogP contribution >= 0.6 is 11.6 Å². The van der Waals surface area contributed by atoms with E-state index >= 15 is 0 Å². The monoisotopic (exact) mass is 363 g/mol. The maximum absolute atomic E-state index is 13.9. The van der Waals surface area contributed by atoms with Gasteiger partial charge in [0.25, 0.3) is 10.0 Å². The summed E-state index contributed by atoms with van der Waals surface area (Å²) in [4.78, 5) is -0.141. The molecule has 0 heterocycles. The molecule has 0 saturated heterocycles. The second-order valence-electron chi connectivity index (χ2n) is 4.70. The molecule has 9 heteroatoms. The highest BCUT2D eigenvalue weighted by molar-refractivity contribution is 7.92. The number of halogens is 3. The van der Waals surface area contributed by atoms with Gasteiger partial charge in [0.2, 0.25) is 11.5 Å². The van der Waals surface area contributed by atoms with E-state index < -0.39 is 33.0 Å². The van der Waals surface area contributed by atoms with Crippen molar-refractivity contribution in [2.45, 2.75) is 11.8 Å². The molecule has 0 unspecified atom stereocenters. The Balaban J connectivity index is 2.49. The summed E-state index contributed by atoms with van der Waals surface area (Å²) in [5.41, 5.74) is 2.54. The fourth-order valence-electron chi connectivity index (χ4n) is 1.97. The molecular formula is C14H14ClF2N2O3S+. The largest absolute Gasteiger partial charge is 0.495 e. The van der Waals surface area contributed by atoms with E-state index in [4.69, 9.17) is 16.3 Å². The van der Waals surface area contributed by atoms with Crippen LogP contribution in [-0.4, -0.2) is 15.5 Å². The lowest BCUT2D eigenvalue weighted by Gasteiger charge is -2.13. The summed E-state index contributed by atoms with van der Waals surface area (Å²) in [7, 11) is -2.72. The molecule has 0 aliphatic carbocycles. The standard InChI is InChI=1S/C14H13ClF2N2O3S/c1-7-11(6-5-10(22-2)12(7)15)23(20,21)19-9-4-3-8(16)14(18)13(9)17/h3-6,19H,18H2,1-2H3/p+1. The van der Waals surface area contributed by atoms with Crippen LogP contribution in [0.3, 0.4) is 0 Å². The molecule has 124 valence electrons. The van der Waals surface area contributed by atoms with Crippen molar-refractivity contribution in [2.75, 3.05) is 11.8 Å². The number of sulfonamides is 1. The van der Waals surface area contributed by atoms with E-state index in [1.54, 1.807) is 0 Å². The van der Waals surface area contributed by atoms with E-state index in [2.05, 4.69) is 10.5 Å². The van der Waals surface area contributed by atoms with Crippen LogP contribution in [0.1, 0.15) is 5.56 Å². The van der Waals surface area contributed by atoms with Gasteiger partial charge >= 0.3 is 0 Å². The van der Waals surface area contributed by atoms with Crippen molar-refractivity contribution >= 4 is 33.0 Å². The first-order valence-corrected chi connectivity index (χ1v) is 8.21. The zero-order valence-corrected chi connectivity index (χ0v) is 13.9. The fraction of sp³-hybridized carbons (Fsp3) is 0.143. The van der Waals surface area contributed by atoms with Gasteiger partial charge in [0.1, 0.15) is 5.75 Å². The smallest absolute Gasteiger partial charge is 0.262 e. The van der Waals surface area contributed by atoms with Crippen molar-refractivity contribution < 1.29 is 27.7 Å². The molecule has 0 atom stereocenters. The average Bonchev–Trinajstić information content (AvgIpc) is 2.50. The van der Waals surface area contributed by atoms with E-state index in [0.29, 0.717) is 5.75 Å². The summed E-state index contributed by atoms with van der Waals surface area (Å²) in [6.07, 6.45) is 0. The number of hydrogen-bond donors (Lipinski definition) is 2. The van der Waals surface area contributed by atoms with Gasteiger partial charge in [-0.3, -0.25) is 4.72 Å². The molecule has 2 rings (SSSR count). The minimum Gasteiger partial charge on any atom is -0.495 e. The van der Waals surface area contributed by atoms with E-state index in [1.165, 1.54) is 26.2 Å². The summed E-state index contributed by atoms with van der Waals surface area (Å²) in [6, 6.07) is 4.58. The van der Waals surface area contributed by atoms with Gasteiger partial charge in [-0.1, -0.05) is 11.6 Å². The van der Waals surface area contributed by atoms with Crippen LogP contribution in [0, 0.1) is 18.6 Å². The summed E-state index contributed by atoms with van der Waals surface area (Å²) in [5, 5.41) is 0.132. The Hall–Kier alpha value is -1.90. The quantitative estimate of drug-likeness (QED) is 0.875. The van der Waals surface area contributed by atoms with Crippen LogP contribution in [-0.2, 0) is 10.0 Å². The van der Waals surface area contributed by atoms with Crippen molar-refractivity contribution in [3.63, 3.8) is 0 Å². The van der Waals surface area contributed by atoms with E-state index in [1.807, 2.05) is 0 Å². The van der Waals surface area contributed by atoms with Gasteiger partial charge in [0.05, 0.1) is 22.7 Å². The van der Waals surface area contributed by atoms with Crippen molar-refractivity contribution in [3.8, 4) is 5.75 Å². The first-order valence-electron chi connectivity index (χ1n) is 6.35. The predicted molar refractivity (Wildman–Crippen MR) is 82.5 cm³/mol. The molecule has 4 N–H and O–H groups in total. The Morgan fingerprint density at radius 1 is 1.22 bits per heavy atom. The zero-order valence-electron chi connectivity index (χ0n) is 12.3. The van der Waals surface area contributed by atoms with E-state index in [-0.39, 0.29) is 15.5 Å². The molecule has 0 spiro atoms. The van der Waals surface area contributed by atoms with Gasteiger partial charge in [0, 0.05) is 0 Å². The molecule has 0 aliphatic heterocycles. The fourth-order valence-corrected chi connectivity index (χ4v) is 3.57. The minimum atomic E-state index is -4.12. The summed E-state index contributed by atoms with van der Waals surface area (Å²) in [5.74, 6) is -1.63. The van der Waals surface area contributed by atoms with Crippen LogP contribution in [0.25, 0.3) is 0 Å². The lowest BCUT2D eigenvalue weighted by Crippen LogP contribution is -2.43. The Bertz CT molecular complexity index is 873. The Morgan fingerprint density at radius 3 is 2.48 bits per heavy atom. The van der Waals surface area contributed by atoms with E-state index in [0.717, 1.165) is 12.1 Å². The maximum atomic E-state index is 13.9. The van der Waals surface area contributed by atoms with Gasteiger partial charge in [-0.05, 0) is 36.8 Å². The van der Waals surface area contributed by atoms with Crippen LogP contribution in [0.2, 0.25) is 5.02 Å². The molecule has 0 aromatic heterocycles. The molecule has 0 aliphatic rings. The van der Waals surface area contributed by atoms with Gasteiger partial charge < -0.3 is 10.5 Å². The Kier molecular flexibility index (Phi) is 4.79. The second-order valence-corrected chi connectivity index (χ2v) is 6.73. The summed E-state index contributed by atoms with van der Waals surface area (Å²) < 4.78 is 59.1. The van der Waals surface area contributed by atoms with Gasteiger partial charge in [-0.15, -0.1) is 0 Å². The Morgan fingerprint density at radius 2 is 1.87 bits per heavy atom. The molecule has 0 radical (unpaired) electrons. The first-order chi connectivity index (χ1) is 10.7. The number of methoxy groups -OCH3 is 1. The van der Waals surface area contributed by atoms with Crippen molar-refractivity contribution in [2.24, 2.45) is 0 Å². The third kappa shape index (κ3) is 3.24. The van der Waals surface area contributed by atoms with Crippen LogP contribution in [0.4, 0.5) is 20.2 Å². The predicted octanol–water partition coefficient (Wildman–Crippen LogP) is 2.61. The molecule has 2 aromatic rings. The van der Waals surface area contributed by atoms with Crippen LogP contribution in [0.5, 0.6) is 5.75 Å². The zero-order chi connectivity index (χ0) is 17.4. The van der Waals surface area contributed by atoms with Gasteiger partial charge in [-0.25, -0.2) is 12.8 Å². The highest BCUT2D eigenvalue weighted by Gasteiger charge is 2.23. The summed E-state index contributed by atoms with van der Waals surface area (Å²) >= 11 is 6.03. The molecule has 0 fully saturated rings. The first kappa shape index (κ1) is 17.5. The summed E-state index contributed by atoms with van der Waals surface area (Å²) in [6.45, 7) is 1.49. The third-order valence-electron chi connectivity index (χ3n) is 3.24. The molecule has 0 saturated carbocycles. The molecule has 23 heavy (non-hydrogen) atoms. The second kappa shape index (κ2) is 6.31. The van der Waals surface area contributed by atoms with Crippen molar-refractivity contribution in [1.82, 2.24) is 0 Å². The van der Waals surface area contributed by atoms with Gasteiger partial charge in [0.15, 0.2) is 5.82 Å². The molecule has 2 aromatic carbocycles. The van der Waals surface area contributed by atoms with Crippen molar-refractivity contribution in [3.05, 3.63) is 46.5 Å². The van der Waals surface area contributed by atoms with E-state index in [9.17, 15) is 17.2 Å². The Labute approximate surface area is 137 Å². The lowest BCUT2D eigenvalue weighted by atomic mass is 10.2. The molecule has 5 nitrogen and oxygen atoms in total. The normalized spacial score (nSPS) is 11.4. The number of hydrogen-bond acceptors (Lipinski definition) is 3. The molecular weight excluding hydrogens is 350 g/mol. The third-order valence-corrected chi connectivity index (χ3v) is 5.22. The number of anilines is 1. The van der Waals surface area contributed by atoms with Crippen LogP contribution in [0.15, 0.2) is 29.2 Å². The van der Waals surface area contributed by atoms with Crippen LogP contribution < -0.4 is 15.2 Å². The number of rotatable bonds is 4. The highest BCUT2D eigenvalue weighted by Crippen LogP contribution is 2.33. The average molecular weight is 364 g/mol. The molecule has 0 bridgehead atoms. The lowest BCUT2D eigenvalue weighted by molar-refractivity contribution is -0.262. The highest BCUT2D eigenvalue weighted by atomic mass is 35.5.